The van der Waals surface area contributed by atoms with E-state index in [1.807, 2.05) is 10.8 Å². The van der Waals surface area contributed by atoms with Crippen molar-refractivity contribution in [2.24, 2.45) is 0 Å². The molecule has 3 aromatic rings. The molecule has 0 aliphatic heterocycles. The molecule has 0 saturated heterocycles. The molecule has 0 aliphatic rings. The molecule has 3 rings (SSSR count). The minimum Gasteiger partial charge on any atom is -0.337 e. The highest BCUT2D eigenvalue weighted by atomic mass is 35.5. The van der Waals surface area contributed by atoms with Crippen LogP contribution in [0, 0.1) is 0 Å². The fraction of sp³-hybridized carbons (Fsp3) is 0.312. The lowest BCUT2D eigenvalue weighted by Crippen LogP contribution is -2.05. The zero-order chi connectivity index (χ0) is 17.1. The molecular formula is C16H16Cl2FN5. The Bertz CT molecular complexity index is 816. The van der Waals surface area contributed by atoms with Crippen molar-refractivity contribution in [3.05, 3.63) is 58.6 Å². The van der Waals surface area contributed by atoms with E-state index in [9.17, 15) is 4.39 Å². The molecule has 0 aliphatic carbocycles. The van der Waals surface area contributed by atoms with Crippen LogP contribution in [-0.4, -0.2) is 24.3 Å². The second-order valence-electron chi connectivity index (χ2n) is 5.32. The number of nitrogens with zero attached hydrogens (tertiary/aromatic N) is 5. The number of imidazole rings is 1. The van der Waals surface area contributed by atoms with E-state index in [1.54, 1.807) is 37.6 Å². The Morgan fingerprint density at radius 2 is 2.08 bits per heavy atom. The summed E-state index contributed by atoms with van der Waals surface area (Å²) in [5, 5.41) is 5.28. The summed E-state index contributed by atoms with van der Waals surface area (Å²) < 4.78 is 17.7. The molecule has 1 aromatic carbocycles. The standard InChI is InChI=1S/C16H16Cl2FN5/c1-2-14(19)16-21-15(5-7-23-8-6-20-10-23)22-24(16)11-3-4-12(17)13(18)9-11/h3-4,6,8-10,14H,2,5,7H2,1H3. The van der Waals surface area contributed by atoms with Gasteiger partial charge in [-0.25, -0.2) is 19.0 Å². The largest absolute Gasteiger partial charge is 0.337 e. The molecule has 126 valence electrons. The number of hydrogen-bond acceptors (Lipinski definition) is 3. The Labute approximate surface area is 149 Å². The molecule has 24 heavy (non-hydrogen) atoms. The lowest BCUT2D eigenvalue weighted by atomic mass is 10.2. The topological polar surface area (TPSA) is 48.5 Å². The van der Waals surface area contributed by atoms with E-state index in [0.717, 1.165) is 0 Å². The summed E-state index contributed by atoms with van der Waals surface area (Å²) in [5.74, 6) is 0.845. The highest BCUT2D eigenvalue weighted by Gasteiger charge is 2.19. The molecule has 0 N–H and O–H groups in total. The van der Waals surface area contributed by atoms with Crippen LogP contribution in [0.4, 0.5) is 4.39 Å². The normalized spacial score (nSPS) is 12.5. The van der Waals surface area contributed by atoms with E-state index >= 15 is 0 Å². The zero-order valence-electron chi connectivity index (χ0n) is 13.0. The molecule has 0 bridgehead atoms. The van der Waals surface area contributed by atoms with Crippen LogP contribution in [0.25, 0.3) is 5.69 Å². The molecule has 0 saturated carbocycles. The van der Waals surface area contributed by atoms with E-state index in [-0.39, 0.29) is 5.82 Å². The highest BCUT2D eigenvalue weighted by molar-refractivity contribution is 6.42. The number of aromatic nitrogens is 5. The van der Waals surface area contributed by atoms with Gasteiger partial charge in [-0.1, -0.05) is 30.1 Å². The third-order valence-electron chi connectivity index (χ3n) is 3.62. The van der Waals surface area contributed by atoms with Gasteiger partial charge < -0.3 is 4.57 Å². The van der Waals surface area contributed by atoms with E-state index in [4.69, 9.17) is 23.2 Å². The van der Waals surface area contributed by atoms with Crippen LogP contribution in [0.5, 0.6) is 0 Å². The second kappa shape index (κ2) is 7.32. The maximum Gasteiger partial charge on any atom is 0.166 e. The summed E-state index contributed by atoms with van der Waals surface area (Å²) >= 11 is 12.0. The highest BCUT2D eigenvalue weighted by Crippen LogP contribution is 2.27. The van der Waals surface area contributed by atoms with E-state index in [0.29, 0.717) is 40.9 Å². The number of halogens is 3. The van der Waals surface area contributed by atoms with Crippen LogP contribution in [-0.2, 0) is 13.0 Å². The molecular weight excluding hydrogens is 352 g/mol. The molecule has 1 unspecified atom stereocenters. The minimum atomic E-state index is -1.20. The summed E-state index contributed by atoms with van der Waals surface area (Å²) in [6.07, 6.45) is 4.99. The first-order valence-electron chi connectivity index (χ1n) is 7.59. The van der Waals surface area contributed by atoms with E-state index in [1.165, 1.54) is 4.68 Å². The minimum absolute atomic E-state index is 0.275. The van der Waals surface area contributed by atoms with Gasteiger partial charge in [0, 0.05) is 25.4 Å². The van der Waals surface area contributed by atoms with E-state index in [2.05, 4.69) is 15.1 Å². The van der Waals surface area contributed by atoms with Crippen LogP contribution in [0.1, 0.15) is 31.2 Å². The number of alkyl halides is 1. The molecule has 0 radical (unpaired) electrons. The van der Waals surface area contributed by atoms with Crippen LogP contribution in [0.15, 0.2) is 36.9 Å². The fourth-order valence-electron chi connectivity index (χ4n) is 2.31. The van der Waals surface area contributed by atoms with Crippen LogP contribution < -0.4 is 0 Å². The lowest BCUT2D eigenvalue weighted by molar-refractivity contribution is 0.313. The van der Waals surface area contributed by atoms with Crippen molar-refractivity contribution in [2.75, 3.05) is 0 Å². The predicted molar refractivity (Wildman–Crippen MR) is 91.5 cm³/mol. The quantitative estimate of drug-likeness (QED) is 0.647. The van der Waals surface area contributed by atoms with Gasteiger partial charge in [0.25, 0.3) is 0 Å². The van der Waals surface area contributed by atoms with Gasteiger partial charge in [-0.15, -0.1) is 0 Å². The summed E-state index contributed by atoms with van der Waals surface area (Å²) in [6, 6.07) is 5.06. The zero-order valence-corrected chi connectivity index (χ0v) is 14.5. The van der Waals surface area contributed by atoms with Gasteiger partial charge in [0.05, 0.1) is 22.1 Å². The first-order chi connectivity index (χ1) is 11.6. The summed E-state index contributed by atoms with van der Waals surface area (Å²) in [5.41, 5.74) is 0.636. The van der Waals surface area contributed by atoms with Crippen LogP contribution >= 0.6 is 23.2 Å². The second-order valence-corrected chi connectivity index (χ2v) is 6.14. The smallest absolute Gasteiger partial charge is 0.166 e. The Morgan fingerprint density at radius 3 is 2.75 bits per heavy atom. The SMILES string of the molecule is CCC(F)c1nc(CCn2ccnc2)nn1-c1ccc(Cl)c(Cl)c1. The van der Waals surface area contributed by atoms with Gasteiger partial charge in [-0.05, 0) is 24.6 Å². The molecule has 0 amide bonds. The van der Waals surface area contributed by atoms with Crippen molar-refractivity contribution in [2.45, 2.75) is 32.5 Å². The Kier molecular flexibility index (Phi) is 5.16. The maximum absolute atomic E-state index is 14.3. The molecule has 1 atom stereocenters. The van der Waals surface area contributed by atoms with Crippen molar-refractivity contribution in [3.8, 4) is 5.69 Å². The van der Waals surface area contributed by atoms with Gasteiger partial charge in [0.1, 0.15) is 0 Å². The molecule has 0 spiro atoms. The Hall–Kier alpha value is -1.92. The lowest BCUT2D eigenvalue weighted by Gasteiger charge is -2.08. The molecule has 0 fully saturated rings. The third kappa shape index (κ3) is 3.60. The number of benzene rings is 1. The van der Waals surface area contributed by atoms with Crippen LogP contribution in [0.2, 0.25) is 10.0 Å². The number of rotatable bonds is 6. The van der Waals surface area contributed by atoms with Crippen molar-refractivity contribution < 1.29 is 4.39 Å². The Morgan fingerprint density at radius 1 is 1.25 bits per heavy atom. The number of aryl methyl sites for hydroxylation is 2. The van der Waals surface area contributed by atoms with Gasteiger partial charge in [-0.2, -0.15) is 5.10 Å². The van der Waals surface area contributed by atoms with Gasteiger partial charge in [0.2, 0.25) is 0 Å². The summed E-state index contributed by atoms with van der Waals surface area (Å²) in [7, 11) is 0. The van der Waals surface area contributed by atoms with E-state index < -0.39 is 6.17 Å². The third-order valence-corrected chi connectivity index (χ3v) is 4.35. The Balaban J connectivity index is 1.92. The van der Waals surface area contributed by atoms with Gasteiger partial charge in [0.15, 0.2) is 17.8 Å². The van der Waals surface area contributed by atoms with Gasteiger partial charge in [-0.3, -0.25) is 0 Å². The molecule has 8 heteroatoms. The van der Waals surface area contributed by atoms with Crippen LogP contribution in [0.3, 0.4) is 0 Å². The van der Waals surface area contributed by atoms with Crippen molar-refractivity contribution in [3.63, 3.8) is 0 Å². The first-order valence-corrected chi connectivity index (χ1v) is 8.35. The number of hydrogen-bond donors (Lipinski definition) is 0. The first kappa shape index (κ1) is 16.9. The molecule has 5 nitrogen and oxygen atoms in total. The average Bonchev–Trinajstić information content (AvgIpc) is 3.24. The molecule has 2 aromatic heterocycles. The fourth-order valence-corrected chi connectivity index (χ4v) is 2.61. The van der Waals surface area contributed by atoms with Crippen molar-refractivity contribution >= 4 is 23.2 Å². The van der Waals surface area contributed by atoms with Gasteiger partial charge >= 0.3 is 0 Å². The average molecular weight is 368 g/mol. The van der Waals surface area contributed by atoms with Crippen molar-refractivity contribution in [1.82, 2.24) is 24.3 Å². The molecule has 2 heterocycles. The summed E-state index contributed by atoms with van der Waals surface area (Å²) in [4.78, 5) is 8.37. The predicted octanol–water partition coefficient (Wildman–Crippen LogP) is 4.43. The maximum atomic E-state index is 14.3. The summed E-state index contributed by atoms with van der Waals surface area (Å²) in [6.45, 7) is 2.44. The van der Waals surface area contributed by atoms with Crippen molar-refractivity contribution in [1.29, 1.82) is 0 Å². The monoisotopic (exact) mass is 367 g/mol.